The number of pyridine rings is 1. The van der Waals surface area contributed by atoms with Gasteiger partial charge < -0.3 is 4.74 Å². The highest BCUT2D eigenvalue weighted by molar-refractivity contribution is 5.39. The summed E-state index contributed by atoms with van der Waals surface area (Å²) in [5.41, 5.74) is 0.796. The molecule has 0 radical (unpaired) electrons. The van der Waals surface area contributed by atoms with Crippen LogP contribution in [0.1, 0.15) is 0 Å². The molecule has 2 aromatic rings. The molecule has 0 bridgehead atoms. The van der Waals surface area contributed by atoms with Crippen LogP contribution >= 0.6 is 0 Å². The third-order valence-corrected chi connectivity index (χ3v) is 1.48. The molecular formula is C7H7N3O. The standard InChI is InChI=1S/C7H7N3O/c1-11-7-4-2-3-6-8-5-9-10(6)7/h2-5H,1H3. The molecule has 0 atom stereocenters. The largest absolute Gasteiger partial charge is 0.481 e. The Labute approximate surface area is 63.4 Å². The predicted octanol–water partition coefficient (Wildman–Crippen LogP) is 0.738. The lowest BCUT2D eigenvalue weighted by atomic mass is 10.5. The van der Waals surface area contributed by atoms with Gasteiger partial charge in [0.1, 0.15) is 6.33 Å². The maximum absolute atomic E-state index is 5.05. The third kappa shape index (κ3) is 0.832. The first kappa shape index (κ1) is 6.15. The second kappa shape index (κ2) is 2.23. The van der Waals surface area contributed by atoms with Crippen molar-refractivity contribution in [2.75, 3.05) is 7.11 Å². The molecule has 56 valence electrons. The summed E-state index contributed by atoms with van der Waals surface area (Å²) in [6.07, 6.45) is 1.50. The Morgan fingerprint density at radius 1 is 1.45 bits per heavy atom. The minimum atomic E-state index is 0.694. The maximum atomic E-state index is 5.05. The van der Waals surface area contributed by atoms with Crippen molar-refractivity contribution in [1.29, 1.82) is 0 Å². The Hall–Kier alpha value is -1.58. The van der Waals surface area contributed by atoms with Gasteiger partial charge in [-0.25, -0.2) is 4.98 Å². The van der Waals surface area contributed by atoms with Crippen LogP contribution in [0.5, 0.6) is 5.88 Å². The molecule has 4 nitrogen and oxygen atoms in total. The monoisotopic (exact) mass is 149 g/mol. The maximum Gasteiger partial charge on any atom is 0.216 e. The molecule has 0 unspecified atom stereocenters. The molecule has 0 amide bonds. The van der Waals surface area contributed by atoms with Crippen LogP contribution in [-0.2, 0) is 0 Å². The molecule has 0 saturated carbocycles. The molecule has 0 aliphatic rings. The van der Waals surface area contributed by atoms with E-state index < -0.39 is 0 Å². The Bertz CT molecular complexity index is 368. The number of rotatable bonds is 1. The molecule has 0 aliphatic carbocycles. The SMILES string of the molecule is COc1cccc2ncnn12. The van der Waals surface area contributed by atoms with Crippen molar-refractivity contribution in [2.45, 2.75) is 0 Å². The van der Waals surface area contributed by atoms with Crippen molar-refractivity contribution in [1.82, 2.24) is 14.6 Å². The fourth-order valence-electron chi connectivity index (χ4n) is 0.975. The Balaban J connectivity index is 2.79. The van der Waals surface area contributed by atoms with E-state index >= 15 is 0 Å². The quantitative estimate of drug-likeness (QED) is 0.600. The van der Waals surface area contributed by atoms with Gasteiger partial charge in [-0.3, -0.25) is 0 Å². The van der Waals surface area contributed by atoms with E-state index in [1.165, 1.54) is 6.33 Å². The van der Waals surface area contributed by atoms with Gasteiger partial charge in [0.2, 0.25) is 5.88 Å². The summed E-state index contributed by atoms with van der Waals surface area (Å²) in [7, 11) is 1.61. The van der Waals surface area contributed by atoms with E-state index in [-0.39, 0.29) is 0 Å². The van der Waals surface area contributed by atoms with E-state index in [4.69, 9.17) is 4.74 Å². The number of aromatic nitrogens is 3. The molecule has 2 heterocycles. The van der Waals surface area contributed by atoms with Crippen molar-refractivity contribution >= 4 is 5.65 Å². The summed E-state index contributed by atoms with van der Waals surface area (Å²) in [5.74, 6) is 0.694. The van der Waals surface area contributed by atoms with Gasteiger partial charge in [0, 0.05) is 6.07 Å². The van der Waals surface area contributed by atoms with Gasteiger partial charge in [-0.15, -0.1) is 0 Å². The molecule has 0 aromatic carbocycles. The van der Waals surface area contributed by atoms with E-state index in [1.54, 1.807) is 11.6 Å². The van der Waals surface area contributed by atoms with Crippen molar-refractivity contribution in [3.05, 3.63) is 24.5 Å². The second-order valence-corrected chi connectivity index (χ2v) is 2.10. The van der Waals surface area contributed by atoms with Gasteiger partial charge >= 0.3 is 0 Å². The molecule has 0 saturated heterocycles. The molecule has 4 heteroatoms. The summed E-state index contributed by atoms with van der Waals surface area (Å²) in [5, 5.41) is 3.97. The lowest BCUT2D eigenvalue weighted by Gasteiger charge is -1.99. The Morgan fingerprint density at radius 3 is 3.18 bits per heavy atom. The van der Waals surface area contributed by atoms with Crippen LogP contribution in [-0.4, -0.2) is 21.7 Å². The molecule has 0 fully saturated rings. The number of hydrogen-bond donors (Lipinski definition) is 0. The van der Waals surface area contributed by atoms with Crippen molar-refractivity contribution in [3.8, 4) is 5.88 Å². The minimum absolute atomic E-state index is 0.694. The van der Waals surface area contributed by atoms with Crippen LogP contribution in [0.2, 0.25) is 0 Å². The van der Waals surface area contributed by atoms with Gasteiger partial charge in [-0.05, 0) is 6.07 Å². The van der Waals surface area contributed by atoms with Gasteiger partial charge in [0.15, 0.2) is 5.65 Å². The zero-order valence-electron chi connectivity index (χ0n) is 6.06. The first-order chi connectivity index (χ1) is 5.42. The highest BCUT2D eigenvalue weighted by Crippen LogP contribution is 2.09. The highest BCUT2D eigenvalue weighted by atomic mass is 16.5. The number of hydrogen-bond acceptors (Lipinski definition) is 3. The average molecular weight is 149 g/mol. The number of methoxy groups -OCH3 is 1. The van der Waals surface area contributed by atoms with E-state index in [1.807, 2.05) is 18.2 Å². The summed E-state index contributed by atoms with van der Waals surface area (Å²) >= 11 is 0. The van der Waals surface area contributed by atoms with Gasteiger partial charge in [-0.2, -0.15) is 9.61 Å². The Kier molecular flexibility index (Phi) is 1.25. The van der Waals surface area contributed by atoms with Gasteiger partial charge in [0.05, 0.1) is 7.11 Å². The van der Waals surface area contributed by atoms with Crippen LogP contribution in [0.15, 0.2) is 24.5 Å². The smallest absolute Gasteiger partial charge is 0.216 e. The molecule has 0 aliphatic heterocycles. The lowest BCUT2D eigenvalue weighted by molar-refractivity contribution is 0.385. The predicted molar refractivity (Wildman–Crippen MR) is 39.5 cm³/mol. The molecule has 0 N–H and O–H groups in total. The van der Waals surface area contributed by atoms with Gasteiger partial charge in [0.25, 0.3) is 0 Å². The lowest BCUT2D eigenvalue weighted by Crippen LogP contribution is -1.94. The molecule has 2 aromatic heterocycles. The number of fused-ring (bicyclic) bond motifs is 1. The van der Waals surface area contributed by atoms with Crippen molar-refractivity contribution in [3.63, 3.8) is 0 Å². The van der Waals surface area contributed by atoms with Crippen LogP contribution in [0.25, 0.3) is 5.65 Å². The summed E-state index contributed by atoms with van der Waals surface area (Å²) < 4.78 is 6.69. The number of ether oxygens (including phenoxy) is 1. The third-order valence-electron chi connectivity index (χ3n) is 1.48. The molecule has 0 spiro atoms. The topological polar surface area (TPSA) is 39.4 Å². The summed E-state index contributed by atoms with van der Waals surface area (Å²) in [6, 6.07) is 5.58. The van der Waals surface area contributed by atoms with E-state index in [9.17, 15) is 0 Å². The van der Waals surface area contributed by atoms with Crippen LogP contribution in [0.4, 0.5) is 0 Å². The van der Waals surface area contributed by atoms with Crippen molar-refractivity contribution < 1.29 is 4.74 Å². The zero-order valence-corrected chi connectivity index (χ0v) is 6.06. The number of nitrogens with zero attached hydrogens (tertiary/aromatic N) is 3. The van der Waals surface area contributed by atoms with E-state index in [2.05, 4.69) is 10.1 Å². The highest BCUT2D eigenvalue weighted by Gasteiger charge is 1.98. The zero-order chi connectivity index (χ0) is 7.68. The second-order valence-electron chi connectivity index (χ2n) is 2.10. The first-order valence-electron chi connectivity index (χ1n) is 3.24. The van der Waals surface area contributed by atoms with Crippen LogP contribution < -0.4 is 4.74 Å². The Morgan fingerprint density at radius 2 is 2.36 bits per heavy atom. The molecule has 11 heavy (non-hydrogen) atoms. The summed E-state index contributed by atoms with van der Waals surface area (Å²) in [4.78, 5) is 4.00. The van der Waals surface area contributed by atoms with Gasteiger partial charge in [-0.1, -0.05) is 6.07 Å². The van der Waals surface area contributed by atoms with Crippen LogP contribution in [0, 0.1) is 0 Å². The van der Waals surface area contributed by atoms with E-state index in [0.717, 1.165) is 5.65 Å². The fourth-order valence-corrected chi connectivity index (χ4v) is 0.975. The minimum Gasteiger partial charge on any atom is -0.481 e. The fraction of sp³-hybridized carbons (Fsp3) is 0.143. The summed E-state index contributed by atoms with van der Waals surface area (Å²) in [6.45, 7) is 0. The molecule has 2 rings (SSSR count). The van der Waals surface area contributed by atoms with E-state index in [0.29, 0.717) is 5.88 Å². The average Bonchev–Trinajstić information content (AvgIpc) is 2.50. The first-order valence-corrected chi connectivity index (χ1v) is 3.24. The van der Waals surface area contributed by atoms with Crippen LogP contribution in [0.3, 0.4) is 0 Å². The molecular weight excluding hydrogens is 142 g/mol. The van der Waals surface area contributed by atoms with Crippen molar-refractivity contribution in [2.24, 2.45) is 0 Å². The normalized spacial score (nSPS) is 10.3.